The highest BCUT2D eigenvalue weighted by molar-refractivity contribution is 7.89. The number of nitrogens with zero attached hydrogens (tertiary/aromatic N) is 3. The van der Waals surface area contributed by atoms with Crippen molar-refractivity contribution in [2.75, 3.05) is 30.4 Å². The van der Waals surface area contributed by atoms with E-state index in [4.69, 9.17) is 4.74 Å². The second-order valence-electron chi connectivity index (χ2n) is 8.30. The number of sulfonamides is 1. The van der Waals surface area contributed by atoms with Crippen LogP contribution in [0.15, 0.2) is 47.4 Å². The Morgan fingerprint density at radius 2 is 1.62 bits per heavy atom. The quantitative estimate of drug-likeness (QED) is 0.696. The summed E-state index contributed by atoms with van der Waals surface area (Å²) >= 11 is 0. The first-order valence-corrected chi connectivity index (χ1v) is 11.8. The second kappa shape index (κ2) is 8.91. The van der Waals surface area contributed by atoms with Crippen molar-refractivity contribution in [3.8, 4) is 11.1 Å². The molecule has 1 aliphatic heterocycles. The van der Waals surface area contributed by atoms with E-state index in [2.05, 4.69) is 0 Å². The minimum Gasteiger partial charge on any atom is -0.446 e. The van der Waals surface area contributed by atoms with E-state index in [1.807, 2.05) is 25.1 Å². The van der Waals surface area contributed by atoms with Gasteiger partial charge in [0.1, 0.15) is 0 Å². The molecule has 32 heavy (non-hydrogen) atoms. The number of carbonyl (C=O) groups excluding carboxylic acids is 2. The predicted octanol–water partition coefficient (Wildman–Crippen LogP) is 3.71. The monoisotopic (exact) mass is 459 g/mol. The van der Waals surface area contributed by atoms with E-state index in [0.717, 1.165) is 15.4 Å². The van der Waals surface area contributed by atoms with Gasteiger partial charge in [-0.25, -0.2) is 17.5 Å². The lowest BCUT2D eigenvalue weighted by molar-refractivity contribution is -0.117. The Labute approximate surface area is 189 Å². The molecule has 0 bridgehead atoms. The van der Waals surface area contributed by atoms with Crippen LogP contribution in [0.25, 0.3) is 11.1 Å². The van der Waals surface area contributed by atoms with Gasteiger partial charge in [-0.2, -0.15) is 0 Å². The van der Waals surface area contributed by atoms with Crippen LogP contribution in [0.3, 0.4) is 0 Å². The van der Waals surface area contributed by atoms with Crippen molar-refractivity contribution in [3.05, 3.63) is 42.5 Å². The summed E-state index contributed by atoms with van der Waals surface area (Å²) in [5, 5.41) is 0. The van der Waals surface area contributed by atoms with Gasteiger partial charge in [0.2, 0.25) is 15.9 Å². The van der Waals surface area contributed by atoms with E-state index < -0.39 is 16.1 Å². The molecule has 3 rings (SSSR count). The van der Waals surface area contributed by atoms with E-state index in [9.17, 15) is 18.0 Å². The maximum absolute atomic E-state index is 12.8. The fraction of sp³-hybridized carbons (Fsp3) is 0.391. The standard InChI is InChI=1S/C23H29N3O5S/c1-15(2)31-23(28)25-14-16(3)26(17(4)27)21-12-9-19(13-22(21)25)18-7-10-20(11-8-18)32(29,30)24(5)6/h7-13,15-16H,14H2,1-6H3. The molecule has 8 nitrogen and oxygen atoms in total. The largest absolute Gasteiger partial charge is 0.446 e. The molecule has 9 heteroatoms. The van der Waals surface area contributed by atoms with E-state index in [1.165, 1.54) is 21.0 Å². The smallest absolute Gasteiger partial charge is 0.414 e. The molecule has 0 N–H and O–H groups in total. The first-order valence-electron chi connectivity index (χ1n) is 10.4. The first kappa shape index (κ1) is 23.7. The maximum Gasteiger partial charge on any atom is 0.414 e. The summed E-state index contributed by atoms with van der Waals surface area (Å²) < 4.78 is 31.3. The SMILES string of the molecule is CC(=O)N1c2ccc(-c3ccc(S(=O)(=O)N(C)C)cc3)cc2N(C(=O)OC(C)C)CC1C. The van der Waals surface area contributed by atoms with Crippen molar-refractivity contribution >= 4 is 33.4 Å². The number of fused-ring (bicyclic) bond motifs is 1. The Kier molecular flexibility index (Phi) is 6.61. The third-order valence-electron chi connectivity index (χ3n) is 5.28. The van der Waals surface area contributed by atoms with Crippen LogP contribution in [-0.4, -0.2) is 57.5 Å². The topological polar surface area (TPSA) is 87.2 Å². The predicted molar refractivity (Wildman–Crippen MR) is 124 cm³/mol. The zero-order chi connectivity index (χ0) is 23.8. The van der Waals surface area contributed by atoms with Crippen LogP contribution in [0, 0.1) is 0 Å². The molecule has 0 saturated carbocycles. The minimum absolute atomic E-state index is 0.110. The molecule has 0 spiro atoms. The lowest BCUT2D eigenvalue weighted by Gasteiger charge is -2.40. The fourth-order valence-corrected chi connectivity index (χ4v) is 4.65. The number of hydrogen-bond donors (Lipinski definition) is 0. The summed E-state index contributed by atoms with van der Waals surface area (Å²) in [6.45, 7) is 7.27. The number of carbonyl (C=O) groups is 2. The zero-order valence-electron chi connectivity index (χ0n) is 19.2. The molecule has 0 aromatic heterocycles. The van der Waals surface area contributed by atoms with Gasteiger partial charge in [0.15, 0.2) is 0 Å². The van der Waals surface area contributed by atoms with Gasteiger partial charge < -0.3 is 9.64 Å². The highest BCUT2D eigenvalue weighted by Gasteiger charge is 2.34. The molecule has 172 valence electrons. The molecule has 0 aliphatic carbocycles. The van der Waals surface area contributed by atoms with Crippen LogP contribution >= 0.6 is 0 Å². The van der Waals surface area contributed by atoms with Crippen molar-refractivity contribution in [2.45, 2.75) is 44.7 Å². The van der Waals surface area contributed by atoms with Crippen molar-refractivity contribution < 1.29 is 22.7 Å². The summed E-state index contributed by atoms with van der Waals surface area (Å²) in [7, 11) is -0.554. The number of rotatable bonds is 4. The van der Waals surface area contributed by atoms with Gasteiger partial charge in [-0.1, -0.05) is 18.2 Å². The van der Waals surface area contributed by atoms with Gasteiger partial charge >= 0.3 is 6.09 Å². The Hall–Kier alpha value is -2.91. The highest BCUT2D eigenvalue weighted by Crippen LogP contribution is 2.39. The third-order valence-corrected chi connectivity index (χ3v) is 7.11. The van der Waals surface area contributed by atoms with Crippen LogP contribution in [0.4, 0.5) is 16.2 Å². The van der Waals surface area contributed by atoms with Gasteiger partial charge in [0.25, 0.3) is 0 Å². The highest BCUT2D eigenvalue weighted by atomic mass is 32.2. The zero-order valence-corrected chi connectivity index (χ0v) is 20.0. The molecule has 0 fully saturated rings. The Morgan fingerprint density at radius 3 is 2.16 bits per heavy atom. The van der Waals surface area contributed by atoms with Crippen LogP contribution in [0.5, 0.6) is 0 Å². The van der Waals surface area contributed by atoms with Crippen LogP contribution < -0.4 is 9.80 Å². The Bertz CT molecular complexity index is 1130. The molecule has 2 amide bonds. The van der Waals surface area contributed by atoms with Gasteiger partial charge in [0.05, 0.1) is 28.4 Å². The Balaban J connectivity index is 2.06. The maximum atomic E-state index is 12.8. The lowest BCUT2D eigenvalue weighted by atomic mass is 10.0. The van der Waals surface area contributed by atoms with E-state index in [0.29, 0.717) is 17.9 Å². The van der Waals surface area contributed by atoms with Gasteiger partial charge in [-0.3, -0.25) is 9.69 Å². The first-order chi connectivity index (χ1) is 14.9. The summed E-state index contributed by atoms with van der Waals surface area (Å²) in [6, 6.07) is 11.8. The number of hydrogen-bond acceptors (Lipinski definition) is 5. The van der Waals surface area contributed by atoms with Crippen LogP contribution in [0.1, 0.15) is 27.7 Å². The van der Waals surface area contributed by atoms with Gasteiger partial charge in [0, 0.05) is 27.6 Å². The molecule has 2 aromatic carbocycles. The van der Waals surface area contributed by atoms with Gasteiger partial charge in [-0.15, -0.1) is 0 Å². The van der Waals surface area contributed by atoms with Crippen LogP contribution in [-0.2, 0) is 19.6 Å². The molecule has 1 unspecified atom stereocenters. The second-order valence-corrected chi connectivity index (χ2v) is 10.4. The molecule has 1 heterocycles. The van der Waals surface area contributed by atoms with Crippen LogP contribution in [0.2, 0.25) is 0 Å². The van der Waals surface area contributed by atoms with E-state index in [1.54, 1.807) is 47.9 Å². The number of anilines is 2. The summed E-state index contributed by atoms with van der Waals surface area (Å²) in [5.41, 5.74) is 2.78. The summed E-state index contributed by atoms with van der Waals surface area (Å²) in [6.07, 6.45) is -0.748. The van der Waals surface area contributed by atoms with E-state index >= 15 is 0 Å². The molecule has 0 radical (unpaired) electrons. The van der Waals surface area contributed by atoms with Gasteiger partial charge in [-0.05, 0) is 56.2 Å². The summed E-state index contributed by atoms with van der Waals surface area (Å²) in [5.74, 6) is -0.110. The minimum atomic E-state index is -3.53. The van der Waals surface area contributed by atoms with Crippen molar-refractivity contribution in [1.82, 2.24) is 4.31 Å². The van der Waals surface area contributed by atoms with Crippen molar-refractivity contribution in [1.29, 1.82) is 0 Å². The average Bonchev–Trinajstić information content (AvgIpc) is 2.72. The summed E-state index contributed by atoms with van der Waals surface area (Å²) in [4.78, 5) is 28.5. The van der Waals surface area contributed by atoms with Crippen molar-refractivity contribution in [2.24, 2.45) is 0 Å². The third kappa shape index (κ3) is 4.49. The number of benzene rings is 2. The molecular weight excluding hydrogens is 430 g/mol. The van der Waals surface area contributed by atoms with Crippen molar-refractivity contribution in [3.63, 3.8) is 0 Å². The molecule has 1 atom stereocenters. The fourth-order valence-electron chi connectivity index (χ4n) is 3.75. The number of amides is 2. The molecule has 0 saturated heterocycles. The normalized spacial score (nSPS) is 16.3. The molecular formula is C23H29N3O5S. The van der Waals surface area contributed by atoms with E-state index in [-0.39, 0.29) is 22.9 Å². The molecule has 1 aliphatic rings. The Morgan fingerprint density at radius 1 is 1.03 bits per heavy atom. The number of ether oxygens (including phenoxy) is 1. The lowest BCUT2D eigenvalue weighted by Crippen LogP contribution is -2.51. The molecule has 2 aromatic rings. The average molecular weight is 460 g/mol.